The molecule has 0 aliphatic heterocycles. The number of halogens is 2. The van der Waals surface area contributed by atoms with Crippen molar-refractivity contribution in [2.24, 2.45) is 0 Å². The lowest BCUT2D eigenvalue weighted by atomic mass is 10.2. The monoisotopic (exact) mass is 289 g/mol. The lowest BCUT2D eigenvalue weighted by Gasteiger charge is -2.15. The third kappa shape index (κ3) is 3.48. The molecule has 0 aromatic heterocycles. The van der Waals surface area contributed by atoms with Crippen molar-refractivity contribution in [3.63, 3.8) is 0 Å². The molecule has 88 valence electrons. The Morgan fingerprint density at radius 2 is 2.31 bits per heavy atom. The Kier molecular flexibility index (Phi) is 4.73. The molecule has 1 rings (SSSR count). The Labute approximate surface area is 102 Å². The maximum absolute atomic E-state index is 13.4. The fraction of sp³-hybridized carbons (Fsp3) is 0.364. The maximum Gasteiger partial charge on any atom is 0.307 e. The molecule has 0 aliphatic carbocycles. The molecule has 1 aromatic rings. The second-order valence-electron chi connectivity index (χ2n) is 3.42. The van der Waals surface area contributed by atoms with Gasteiger partial charge in [-0.1, -0.05) is 6.07 Å². The number of anilines is 1. The fourth-order valence-corrected chi connectivity index (χ4v) is 1.72. The number of benzene rings is 1. The zero-order chi connectivity index (χ0) is 12.1. The minimum Gasteiger partial charge on any atom is -0.469 e. The van der Waals surface area contributed by atoms with Crippen molar-refractivity contribution in [3.8, 4) is 0 Å². The average molecular weight is 290 g/mol. The first kappa shape index (κ1) is 13.0. The molecule has 0 saturated heterocycles. The number of esters is 1. The molecule has 0 amide bonds. The van der Waals surface area contributed by atoms with Gasteiger partial charge in [0.1, 0.15) is 5.82 Å². The molecule has 0 aliphatic rings. The second-order valence-corrected chi connectivity index (χ2v) is 4.28. The van der Waals surface area contributed by atoms with E-state index >= 15 is 0 Å². The van der Waals surface area contributed by atoms with Gasteiger partial charge in [0.25, 0.3) is 0 Å². The van der Waals surface area contributed by atoms with E-state index in [0.29, 0.717) is 10.2 Å². The lowest BCUT2D eigenvalue weighted by Crippen LogP contribution is -2.21. The van der Waals surface area contributed by atoms with E-state index in [1.54, 1.807) is 19.1 Å². The van der Waals surface area contributed by atoms with E-state index in [9.17, 15) is 9.18 Å². The van der Waals surface area contributed by atoms with Crippen LogP contribution >= 0.6 is 15.9 Å². The number of hydrogen-bond acceptors (Lipinski definition) is 3. The SMILES string of the molecule is COC(=O)CC(C)Nc1c(F)cccc1Br. The molecule has 0 heterocycles. The Balaban J connectivity index is 2.69. The minimum atomic E-state index is -0.355. The standard InChI is InChI=1S/C11H13BrFNO2/c1-7(6-10(15)16-2)14-11-8(12)4-3-5-9(11)13/h3-5,7,14H,6H2,1-2H3. The molecular formula is C11H13BrFNO2. The Bertz CT molecular complexity index is 364. The highest BCUT2D eigenvalue weighted by Gasteiger charge is 2.12. The number of methoxy groups -OCH3 is 1. The Hall–Kier alpha value is -1.10. The number of carbonyl (C=O) groups excluding carboxylic acids is 1. The van der Waals surface area contributed by atoms with E-state index in [0.717, 1.165) is 0 Å². The van der Waals surface area contributed by atoms with E-state index < -0.39 is 0 Å². The van der Waals surface area contributed by atoms with Gasteiger partial charge < -0.3 is 10.1 Å². The molecule has 16 heavy (non-hydrogen) atoms. The van der Waals surface area contributed by atoms with Crippen LogP contribution in [0.1, 0.15) is 13.3 Å². The van der Waals surface area contributed by atoms with Crippen LogP contribution in [0.3, 0.4) is 0 Å². The van der Waals surface area contributed by atoms with Gasteiger partial charge in [-0.3, -0.25) is 4.79 Å². The number of carbonyl (C=O) groups is 1. The van der Waals surface area contributed by atoms with Crippen molar-refractivity contribution in [2.75, 3.05) is 12.4 Å². The summed E-state index contributed by atoms with van der Waals surface area (Å²) in [5.74, 6) is -0.682. The topological polar surface area (TPSA) is 38.3 Å². The molecule has 1 aromatic carbocycles. The average Bonchev–Trinajstić information content (AvgIpc) is 2.23. The van der Waals surface area contributed by atoms with Crippen LogP contribution < -0.4 is 5.32 Å². The van der Waals surface area contributed by atoms with Gasteiger partial charge in [0.2, 0.25) is 0 Å². The summed E-state index contributed by atoms with van der Waals surface area (Å²) in [7, 11) is 1.33. The highest BCUT2D eigenvalue weighted by atomic mass is 79.9. The predicted octanol–water partition coefficient (Wildman–Crippen LogP) is 2.95. The van der Waals surface area contributed by atoms with Crippen molar-refractivity contribution >= 4 is 27.6 Å². The highest BCUT2D eigenvalue weighted by molar-refractivity contribution is 9.10. The molecule has 0 spiro atoms. The molecule has 0 radical (unpaired) electrons. The summed E-state index contributed by atoms with van der Waals surface area (Å²) in [6, 6.07) is 4.50. The third-order valence-electron chi connectivity index (χ3n) is 2.05. The maximum atomic E-state index is 13.4. The molecule has 1 atom stereocenters. The van der Waals surface area contributed by atoms with Crippen LogP contribution in [0.15, 0.2) is 22.7 Å². The van der Waals surface area contributed by atoms with Gasteiger partial charge in [0.05, 0.1) is 19.2 Å². The van der Waals surface area contributed by atoms with Crippen molar-refractivity contribution in [2.45, 2.75) is 19.4 Å². The first-order valence-electron chi connectivity index (χ1n) is 4.82. The van der Waals surface area contributed by atoms with Gasteiger partial charge in [-0.2, -0.15) is 0 Å². The lowest BCUT2D eigenvalue weighted by molar-refractivity contribution is -0.140. The Morgan fingerprint density at radius 3 is 2.88 bits per heavy atom. The van der Waals surface area contributed by atoms with Crippen LogP contribution in [0.25, 0.3) is 0 Å². The number of para-hydroxylation sites is 1. The summed E-state index contributed by atoms with van der Waals surface area (Å²) >= 11 is 3.24. The summed E-state index contributed by atoms with van der Waals surface area (Å²) in [4.78, 5) is 11.0. The molecule has 0 fully saturated rings. The van der Waals surface area contributed by atoms with E-state index in [4.69, 9.17) is 0 Å². The van der Waals surface area contributed by atoms with E-state index in [1.165, 1.54) is 13.2 Å². The number of ether oxygens (including phenoxy) is 1. The van der Waals surface area contributed by atoms with Crippen molar-refractivity contribution in [1.82, 2.24) is 0 Å². The van der Waals surface area contributed by atoms with Gasteiger partial charge >= 0.3 is 5.97 Å². The summed E-state index contributed by atoms with van der Waals surface area (Å²) < 4.78 is 18.6. The predicted molar refractivity (Wildman–Crippen MR) is 63.8 cm³/mol. The number of hydrogen-bond donors (Lipinski definition) is 1. The number of nitrogens with one attached hydrogen (secondary N) is 1. The molecule has 0 bridgehead atoms. The summed E-state index contributed by atoms with van der Waals surface area (Å²) in [6.07, 6.45) is 0.192. The third-order valence-corrected chi connectivity index (χ3v) is 2.71. The van der Waals surface area contributed by atoms with Gasteiger partial charge in [-0.25, -0.2) is 4.39 Å². The molecular weight excluding hydrogens is 277 g/mol. The molecule has 0 saturated carbocycles. The van der Waals surface area contributed by atoms with E-state index in [1.807, 2.05) is 0 Å². The van der Waals surface area contributed by atoms with Gasteiger partial charge in [0.15, 0.2) is 0 Å². The first-order valence-corrected chi connectivity index (χ1v) is 5.61. The van der Waals surface area contributed by atoms with Crippen LogP contribution in [-0.2, 0) is 9.53 Å². The highest BCUT2D eigenvalue weighted by Crippen LogP contribution is 2.26. The molecule has 1 unspecified atom stereocenters. The first-order chi connectivity index (χ1) is 7.54. The molecule has 5 heteroatoms. The summed E-state index contributed by atoms with van der Waals surface area (Å²) in [6.45, 7) is 1.79. The van der Waals surface area contributed by atoms with Crippen LogP contribution in [0, 0.1) is 5.82 Å². The summed E-state index contributed by atoms with van der Waals surface area (Å²) in [5, 5.41) is 2.92. The molecule has 3 nitrogen and oxygen atoms in total. The zero-order valence-corrected chi connectivity index (χ0v) is 10.7. The fourth-order valence-electron chi connectivity index (χ4n) is 1.27. The second kappa shape index (κ2) is 5.84. The van der Waals surface area contributed by atoms with Gasteiger partial charge in [0, 0.05) is 10.5 Å². The summed E-state index contributed by atoms with van der Waals surface area (Å²) in [5.41, 5.74) is 0.360. The van der Waals surface area contributed by atoms with Crippen molar-refractivity contribution < 1.29 is 13.9 Å². The smallest absolute Gasteiger partial charge is 0.307 e. The minimum absolute atomic E-state index is 0.192. The van der Waals surface area contributed by atoms with Crippen molar-refractivity contribution in [3.05, 3.63) is 28.5 Å². The van der Waals surface area contributed by atoms with Crippen LogP contribution in [0.2, 0.25) is 0 Å². The normalized spacial score (nSPS) is 12.0. The zero-order valence-electron chi connectivity index (χ0n) is 9.09. The van der Waals surface area contributed by atoms with Crippen LogP contribution in [0.4, 0.5) is 10.1 Å². The molecule has 1 N–H and O–H groups in total. The van der Waals surface area contributed by atoms with Gasteiger partial charge in [-0.05, 0) is 35.0 Å². The van der Waals surface area contributed by atoms with Crippen molar-refractivity contribution in [1.29, 1.82) is 0 Å². The van der Waals surface area contributed by atoms with Crippen LogP contribution in [0.5, 0.6) is 0 Å². The Morgan fingerprint density at radius 1 is 1.62 bits per heavy atom. The van der Waals surface area contributed by atoms with Gasteiger partial charge in [-0.15, -0.1) is 0 Å². The van der Waals surface area contributed by atoms with E-state index in [2.05, 4.69) is 26.0 Å². The number of rotatable bonds is 4. The quantitative estimate of drug-likeness (QED) is 0.866. The largest absolute Gasteiger partial charge is 0.469 e. The van der Waals surface area contributed by atoms with Crippen LogP contribution in [-0.4, -0.2) is 19.1 Å². The van der Waals surface area contributed by atoms with E-state index in [-0.39, 0.29) is 24.2 Å².